The molecule has 0 spiro atoms. The van der Waals surface area contributed by atoms with Crippen molar-refractivity contribution in [2.45, 2.75) is 26.6 Å². The van der Waals surface area contributed by atoms with Gasteiger partial charge in [-0.15, -0.1) is 5.10 Å². The van der Waals surface area contributed by atoms with Crippen LogP contribution in [0.1, 0.15) is 17.1 Å². The number of aliphatic hydroxyl groups is 1. The van der Waals surface area contributed by atoms with Crippen LogP contribution in [0.15, 0.2) is 24.4 Å². The molecule has 6 heteroatoms. The van der Waals surface area contributed by atoms with E-state index in [0.29, 0.717) is 19.6 Å². The maximum absolute atomic E-state index is 8.77. The average Bonchev–Trinajstić information content (AvgIpc) is 2.78. The van der Waals surface area contributed by atoms with Crippen molar-refractivity contribution in [1.82, 2.24) is 25.3 Å². The molecule has 0 aromatic carbocycles. The lowest BCUT2D eigenvalue weighted by Gasteiger charge is -2.02. The highest BCUT2D eigenvalue weighted by molar-refractivity contribution is 5.09. The van der Waals surface area contributed by atoms with Gasteiger partial charge in [0.2, 0.25) is 0 Å². The molecule has 2 rings (SSSR count). The third-order valence-electron chi connectivity index (χ3n) is 2.47. The van der Waals surface area contributed by atoms with Crippen molar-refractivity contribution in [1.29, 1.82) is 0 Å². The Morgan fingerprint density at radius 2 is 2.11 bits per heavy atom. The predicted molar refractivity (Wildman–Crippen MR) is 66.6 cm³/mol. The van der Waals surface area contributed by atoms with Crippen LogP contribution in [-0.4, -0.2) is 31.7 Å². The third kappa shape index (κ3) is 3.61. The lowest BCUT2D eigenvalue weighted by atomic mass is 10.3. The number of nitrogens with one attached hydrogen (secondary N) is 1. The lowest BCUT2D eigenvalue weighted by Crippen LogP contribution is -2.14. The van der Waals surface area contributed by atoms with Crippen LogP contribution in [0.25, 0.3) is 0 Å². The third-order valence-corrected chi connectivity index (χ3v) is 2.47. The van der Waals surface area contributed by atoms with Gasteiger partial charge in [-0.3, -0.25) is 4.98 Å². The molecule has 0 atom stereocenters. The average molecular weight is 247 g/mol. The quantitative estimate of drug-likeness (QED) is 0.766. The van der Waals surface area contributed by atoms with E-state index in [1.807, 2.05) is 31.3 Å². The van der Waals surface area contributed by atoms with Gasteiger partial charge in [0.05, 0.1) is 24.5 Å². The number of nitrogens with zero attached hydrogens (tertiary/aromatic N) is 4. The van der Waals surface area contributed by atoms with E-state index in [0.717, 1.165) is 17.1 Å². The zero-order chi connectivity index (χ0) is 12.8. The van der Waals surface area contributed by atoms with Crippen LogP contribution in [0.4, 0.5) is 0 Å². The molecule has 0 fully saturated rings. The second kappa shape index (κ2) is 6.23. The van der Waals surface area contributed by atoms with Crippen molar-refractivity contribution in [2.75, 3.05) is 6.61 Å². The summed E-state index contributed by atoms with van der Waals surface area (Å²) in [6, 6.07) is 5.96. The monoisotopic (exact) mass is 247 g/mol. The maximum atomic E-state index is 8.77. The second-order valence-electron chi connectivity index (χ2n) is 4.07. The molecule has 0 saturated heterocycles. The minimum atomic E-state index is 0.0729. The molecule has 0 radical (unpaired) electrons. The van der Waals surface area contributed by atoms with Crippen molar-refractivity contribution in [2.24, 2.45) is 0 Å². The van der Waals surface area contributed by atoms with Gasteiger partial charge in [-0.2, -0.15) is 0 Å². The Morgan fingerprint density at radius 1 is 1.28 bits per heavy atom. The number of rotatable bonds is 6. The van der Waals surface area contributed by atoms with Crippen LogP contribution in [0, 0.1) is 6.92 Å². The van der Waals surface area contributed by atoms with Gasteiger partial charge in [0.25, 0.3) is 0 Å². The number of aliphatic hydroxyl groups excluding tert-OH is 1. The van der Waals surface area contributed by atoms with Crippen LogP contribution in [0.2, 0.25) is 0 Å². The molecule has 2 aromatic rings. The maximum Gasteiger partial charge on any atom is 0.0964 e. The Kier molecular flexibility index (Phi) is 4.38. The normalized spacial score (nSPS) is 10.8. The SMILES string of the molecule is Cc1cccc(CNCc2cn(CCO)nn2)n1. The number of aromatic nitrogens is 4. The molecular formula is C12H17N5O. The Balaban J connectivity index is 1.81. The van der Waals surface area contributed by atoms with E-state index in [2.05, 4.69) is 20.6 Å². The summed E-state index contributed by atoms with van der Waals surface area (Å²) in [7, 11) is 0. The summed E-state index contributed by atoms with van der Waals surface area (Å²) in [4.78, 5) is 4.40. The molecule has 18 heavy (non-hydrogen) atoms. The summed E-state index contributed by atoms with van der Waals surface area (Å²) in [6.07, 6.45) is 1.83. The first kappa shape index (κ1) is 12.7. The van der Waals surface area contributed by atoms with Gasteiger partial charge >= 0.3 is 0 Å². The van der Waals surface area contributed by atoms with Crippen LogP contribution in [0.3, 0.4) is 0 Å². The fourth-order valence-corrected chi connectivity index (χ4v) is 1.65. The highest BCUT2D eigenvalue weighted by Gasteiger charge is 2.00. The van der Waals surface area contributed by atoms with Crippen LogP contribution < -0.4 is 5.32 Å². The Bertz CT molecular complexity index is 497. The van der Waals surface area contributed by atoms with Crippen molar-refractivity contribution in [3.8, 4) is 0 Å². The minimum absolute atomic E-state index is 0.0729. The van der Waals surface area contributed by atoms with Crippen LogP contribution >= 0.6 is 0 Å². The zero-order valence-electron chi connectivity index (χ0n) is 10.4. The van der Waals surface area contributed by atoms with Gasteiger partial charge in [0.1, 0.15) is 0 Å². The van der Waals surface area contributed by atoms with Gasteiger partial charge in [-0.25, -0.2) is 4.68 Å². The molecular weight excluding hydrogens is 230 g/mol. The number of hydrogen-bond donors (Lipinski definition) is 2. The van der Waals surface area contributed by atoms with Gasteiger partial charge < -0.3 is 10.4 Å². The van der Waals surface area contributed by atoms with E-state index in [-0.39, 0.29) is 6.61 Å². The van der Waals surface area contributed by atoms with E-state index in [4.69, 9.17) is 5.11 Å². The number of aryl methyl sites for hydroxylation is 1. The highest BCUT2D eigenvalue weighted by atomic mass is 16.3. The minimum Gasteiger partial charge on any atom is -0.394 e. The molecule has 0 aliphatic heterocycles. The smallest absolute Gasteiger partial charge is 0.0964 e. The Morgan fingerprint density at radius 3 is 2.89 bits per heavy atom. The first-order valence-electron chi connectivity index (χ1n) is 5.91. The summed E-state index contributed by atoms with van der Waals surface area (Å²) in [5.74, 6) is 0. The van der Waals surface area contributed by atoms with Crippen molar-refractivity contribution in [3.63, 3.8) is 0 Å². The molecule has 6 nitrogen and oxygen atoms in total. The zero-order valence-corrected chi connectivity index (χ0v) is 10.4. The van der Waals surface area contributed by atoms with E-state index in [1.165, 1.54) is 0 Å². The molecule has 0 bridgehead atoms. The largest absolute Gasteiger partial charge is 0.394 e. The van der Waals surface area contributed by atoms with Crippen molar-refractivity contribution >= 4 is 0 Å². The van der Waals surface area contributed by atoms with Crippen molar-refractivity contribution < 1.29 is 5.11 Å². The van der Waals surface area contributed by atoms with Gasteiger partial charge in [0, 0.05) is 25.0 Å². The molecule has 2 heterocycles. The van der Waals surface area contributed by atoms with E-state index < -0.39 is 0 Å². The fraction of sp³-hybridized carbons (Fsp3) is 0.417. The highest BCUT2D eigenvalue weighted by Crippen LogP contribution is 1.98. The topological polar surface area (TPSA) is 75.9 Å². The Hall–Kier alpha value is -1.79. The molecule has 2 N–H and O–H groups in total. The molecule has 0 unspecified atom stereocenters. The first-order valence-corrected chi connectivity index (χ1v) is 5.91. The standard InChI is InChI=1S/C12H17N5O/c1-10-3-2-4-11(14-10)7-13-8-12-9-17(5-6-18)16-15-12/h2-4,9,13,18H,5-8H2,1H3. The van der Waals surface area contributed by atoms with Gasteiger partial charge in [-0.05, 0) is 19.1 Å². The summed E-state index contributed by atoms with van der Waals surface area (Å²) >= 11 is 0. The Labute approximate surface area is 106 Å². The summed E-state index contributed by atoms with van der Waals surface area (Å²) in [6.45, 7) is 3.87. The molecule has 0 aliphatic carbocycles. The lowest BCUT2D eigenvalue weighted by molar-refractivity contribution is 0.268. The van der Waals surface area contributed by atoms with E-state index in [9.17, 15) is 0 Å². The summed E-state index contributed by atoms with van der Waals surface area (Å²) in [5.41, 5.74) is 2.89. The summed E-state index contributed by atoms with van der Waals surface area (Å²) < 4.78 is 1.63. The van der Waals surface area contributed by atoms with Crippen LogP contribution in [-0.2, 0) is 19.6 Å². The van der Waals surface area contributed by atoms with Gasteiger partial charge in [0.15, 0.2) is 0 Å². The van der Waals surface area contributed by atoms with E-state index >= 15 is 0 Å². The van der Waals surface area contributed by atoms with Gasteiger partial charge in [-0.1, -0.05) is 11.3 Å². The number of pyridine rings is 1. The molecule has 96 valence electrons. The fourth-order valence-electron chi connectivity index (χ4n) is 1.65. The molecule has 0 amide bonds. The molecule has 0 aliphatic rings. The molecule has 0 saturated carbocycles. The predicted octanol–water partition coefficient (Wildman–Crippen LogP) is 0.264. The second-order valence-corrected chi connectivity index (χ2v) is 4.07. The van der Waals surface area contributed by atoms with Crippen LogP contribution in [0.5, 0.6) is 0 Å². The first-order chi connectivity index (χ1) is 8.78. The van der Waals surface area contributed by atoms with E-state index in [1.54, 1.807) is 4.68 Å². The summed E-state index contributed by atoms with van der Waals surface area (Å²) in [5, 5.41) is 19.9. The molecule has 2 aromatic heterocycles. The number of hydrogen-bond acceptors (Lipinski definition) is 5. The van der Waals surface area contributed by atoms with Crippen molar-refractivity contribution in [3.05, 3.63) is 41.5 Å².